The van der Waals surface area contributed by atoms with E-state index in [0.717, 1.165) is 12.8 Å². The number of nitrogens with zero attached hydrogens (tertiary/aromatic N) is 3. The topological polar surface area (TPSA) is 55.2 Å². The van der Waals surface area contributed by atoms with Crippen molar-refractivity contribution in [3.8, 4) is 0 Å². The van der Waals surface area contributed by atoms with Crippen LogP contribution in [0.2, 0.25) is 0 Å². The van der Waals surface area contributed by atoms with Crippen LogP contribution in [0.1, 0.15) is 53.5 Å². The van der Waals surface area contributed by atoms with Crippen LogP contribution in [0.5, 0.6) is 0 Å². The van der Waals surface area contributed by atoms with Gasteiger partial charge in [0, 0.05) is 23.8 Å². The first-order valence-corrected chi connectivity index (χ1v) is 8.18. The molecule has 0 bridgehead atoms. The van der Waals surface area contributed by atoms with E-state index in [9.17, 15) is 8.42 Å². The maximum atomic E-state index is 12.7. The molecule has 0 radical (unpaired) electrons. The Hall–Kier alpha value is -0.880. The molecule has 0 aromatic carbocycles. The summed E-state index contributed by atoms with van der Waals surface area (Å²) >= 11 is 0. The van der Waals surface area contributed by atoms with E-state index in [1.165, 1.54) is 0 Å². The highest BCUT2D eigenvalue weighted by Crippen LogP contribution is 2.37. The normalized spacial score (nSPS) is 24.2. The summed E-state index contributed by atoms with van der Waals surface area (Å²) in [5, 5.41) is 0.156. The van der Waals surface area contributed by atoms with Gasteiger partial charge in [-0.25, -0.2) is 13.4 Å². The second-order valence-corrected chi connectivity index (χ2v) is 8.02. The number of hydrogen-bond donors (Lipinski definition) is 0. The van der Waals surface area contributed by atoms with E-state index in [1.54, 1.807) is 16.8 Å². The third kappa shape index (κ3) is 2.43. The summed E-state index contributed by atoms with van der Waals surface area (Å²) in [6, 6.07) is 0.240. The Balaban J connectivity index is 2.41. The van der Waals surface area contributed by atoms with Crippen LogP contribution in [0.4, 0.5) is 0 Å². The van der Waals surface area contributed by atoms with Gasteiger partial charge in [-0.1, -0.05) is 0 Å². The fraction of sp³-hybridized carbons (Fsp3) is 0.769. The molecular weight excluding hydrogens is 262 g/mol. The molecule has 1 aromatic rings. The first kappa shape index (κ1) is 14.5. The predicted octanol–water partition coefficient (Wildman–Crippen LogP) is 2.42. The van der Waals surface area contributed by atoms with Crippen LogP contribution in [0.3, 0.4) is 0 Å². The lowest BCUT2D eigenvalue weighted by atomic mass is 10.0. The van der Waals surface area contributed by atoms with Crippen molar-refractivity contribution in [1.82, 2.24) is 13.9 Å². The Morgan fingerprint density at radius 1 is 1.42 bits per heavy atom. The van der Waals surface area contributed by atoms with E-state index in [0.29, 0.717) is 0 Å². The van der Waals surface area contributed by atoms with Crippen molar-refractivity contribution < 1.29 is 8.42 Å². The molecule has 1 fully saturated rings. The Morgan fingerprint density at radius 3 is 2.47 bits per heavy atom. The molecule has 1 saturated heterocycles. The van der Waals surface area contributed by atoms with E-state index in [4.69, 9.17) is 0 Å². The fourth-order valence-corrected chi connectivity index (χ4v) is 4.74. The van der Waals surface area contributed by atoms with E-state index < -0.39 is 10.0 Å². The lowest BCUT2D eigenvalue weighted by Crippen LogP contribution is -2.46. The van der Waals surface area contributed by atoms with Gasteiger partial charge >= 0.3 is 0 Å². The zero-order valence-corrected chi connectivity index (χ0v) is 13.1. The molecule has 1 aliphatic rings. The quantitative estimate of drug-likeness (QED) is 0.857. The van der Waals surface area contributed by atoms with Gasteiger partial charge in [0.25, 0.3) is 10.0 Å². The molecule has 0 N–H and O–H groups in total. The van der Waals surface area contributed by atoms with Crippen LogP contribution in [-0.4, -0.2) is 33.9 Å². The maximum absolute atomic E-state index is 12.7. The van der Waals surface area contributed by atoms with Crippen LogP contribution in [0.15, 0.2) is 17.6 Å². The summed E-state index contributed by atoms with van der Waals surface area (Å²) in [6.07, 6.45) is 5.00. The first-order valence-electron chi connectivity index (χ1n) is 6.74. The molecule has 0 aliphatic carbocycles. The minimum atomic E-state index is -3.51. The van der Waals surface area contributed by atoms with Crippen LogP contribution in [0.25, 0.3) is 0 Å². The number of hydrogen-bond acceptors (Lipinski definition) is 3. The lowest BCUT2D eigenvalue weighted by Gasteiger charge is -2.32. The number of imidazole rings is 1. The van der Waals surface area contributed by atoms with Crippen molar-refractivity contribution in [2.75, 3.05) is 0 Å². The summed E-state index contributed by atoms with van der Waals surface area (Å²) in [7, 11) is -3.51. The largest absolute Gasteiger partial charge is 0.334 e. The molecule has 1 atom stereocenters. The molecule has 0 saturated carbocycles. The van der Waals surface area contributed by atoms with Crippen molar-refractivity contribution in [2.24, 2.45) is 0 Å². The van der Waals surface area contributed by atoms with Gasteiger partial charge in [-0.2, -0.15) is 4.31 Å². The fourth-order valence-electron chi connectivity index (χ4n) is 2.78. The van der Waals surface area contributed by atoms with Crippen molar-refractivity contribution in [3.63, 3.8) is 0 Å². The van der Waals surface area contributed by atoms with E-state index in [-0.39, 0.29) is 22.6 Å². The highest BCUT2D eigenvalue weighted by molar-refractivity contribution is 7.89. The maximum Gasteiger partial charge on any atom is 0.262 e. The number of rotatable bonds is 3. The Kier molecular flexibility index (Phi) is 3.51. The van der Waals surface area contributed by atoms with E-state index >= 15 is 0 Å². The number of aromatic nitrogens is 2. The van der Waals surface area contributed by atoms with E-state index in [2.05, 4.69) is 4.98 Å². The van der Waals surface area contributed by atoms with Crippen LogP contribution >= 0.6 is 0 Å². The highest BCUT2D eigenvalue weighted by Gasteiger charge is 2.46. The Labute approximate surface area is 115 Å². The third-order valence-electron chi connectivity index (χ3n) is 3.87. The zero-order valence-electron chi connectivity index (χ0n) is 12.3. The van der Waals surface area contributed by atoms with Gasteiger partial charge in [0.05, 0.1) is 6.33 Å². The molecule has 0 spiro atoms. The van der Waals surface area contributed by atoms with Crippen LogP contribution in [-0.2, 0) is 10.0 Å². The molecule has 2 heterocycles. The van der Waals surface area contributed by atoms with Crippen molar-refractivity contribution >= 4 is 10.0 Å². The first-order chi connectivity index (χ1) is 8.66. The third-order valence-corrected chi connectivity index (χ3v) is 5.98. The average Bonchev–Trinajstić information content (AvgIpc) is 2.84. The van der Waals surface area contributed by atoms with Crippen molar-refractivity contribution in [3.05, 3.63) is 12.5 Å². The minimum absolute atomic E-state index is 0.0317. The second-order valence-electron chi connectivity index (χ2n) is 6.25. The lowest BCUT2D eigenvalue weighted by molar-refractivity contribution is 0.253. The zero-order chi connectivity index (χ0) is 14.4. The average molecular weight is 285 g/mol. The van der Waals surface area contributed by atoms with Crippen LogP contribution in [0, 0.1) is 0 Å². The standard InChI is InChI=1S/C13H23N3O2S/c1-10(2)15-8-12(14-9-15)19(17,18)16-11(3)6-7-13(16,4)5/h8-11H,6-7H2,1-5H3. The molecule has 6 heteroatoms. The SMILES string of the molecule is CC1CCC(C)(C)N1S(=O)(=O)c1cn(C(C)C)cn1. The van der Waals surface area contributed by atoms with E-state index in [1.807, 2.05) is 39.2 Å². The molecule has 19 heavy (non-hydrogen) atoms. The van der Waals surface area contributed by atoms with Gasteiger partial charge in [-0.15, -0.1) is 0 Å². The van der Waals surface area contributed by atoms with Gasteiger partial charge in [-0.05, 0) is 47.5 Å². The summed E-state index contributed by atoms with van der Waals surface area (Å²) in [6.45, 7) is 9.92. The molecular formula is C13H23N3O2S. The van der Waals surface area contributed by atoms with Gasteiger partial charge in [-0.3, -0.25) is 0 Å². The van der Waals surface area contributed by atoms with Gasteiger partial charge in [0.2, 0.25) is 0 Å². The van der Waals surface area contributed by atoms with Crippen molar-refractivity contribution in [2.45, 2.75) is 70.1 Å². The molecule has 1 aromatic heterocycles. The summed E-state index contributed by atoms with van der Waals surface area (Å²) < 4.78 is 28.9. The summed E-state index contributed by atoms with van der Waals surface area (Å²) in [5.74, 6) is 0. The molecule has 1 unspecified atom stereocenters. The Bertz CT molecular complexity index is 560. The van der Waals surface area contributed by atoms with Gasteiger partial charge in [0.15, 0.2) is 5.03 Å². The second kappa shape index (κ2) is 4.59. The van der Waals surface area contributed by atoms with Crippen molar-refractivity contribution in [1.29, 1.82) is 0 Å². The number of sulfonamides is 1. The molecule has 108 valence electrons. The highest BCUT2D eigenvalue weighted by atomic mass is 32.2. The monoisotopic (exact) mass is 285 g/mol. The summed E-state index contributed by atoms with van der Waals surface area (Å²) in [5.41, 5.74) is -0.333. The molecule has 0 amide bonds. The molecule has 2 rings (SSSR count). The smallest absolute Gasteiger partial charge is 0.262 e. The predicted molar refractivity (Wildman–Crippen MR) is 74.4 cm³/mol. The Morgan fingerprint density at radius 2 is 2.05 bits per heavy atom. The summed E-state index contributed by atoms with van der Waals surface area (Å²) in [4.78, 5) is 4.09. The van der Waals surface area contributed by atoms with Gasteiger partial charge in [0.1, 0.15) is 0 Å². The molecule has 5 nitrogen and oxygen atoms in total. The molecule has 1 aliphatic heterocycles. The minimum Gasteiger partial charge on any atom is -0.334 e. The van der Waals surface area contributed by atoms with Gasteiger partial charge < -0.3 is 4.57 Å². The van der Waals surface area contributed by atoms with Crippen LogP contribution < -0.4 is 0 Å².